The summed E-state index contributed by atoms with van der Waals surface area (Å²) >= 11 is 0. The second-order valence-electron chi connectivity index (χ2n) is 7.06. The number of fused-ring (bicyclic) bond motifs is 1. The van der Waals surface area contributed by atoms with Crippen LogP contribution in [0.4, 0.5) is 0 Å². The summed E-state index contributed by atoms with van der Waals surface area (Å²) in [5.41, 5.74) is 0.273. The lowest BCUT2D eigenvalue weighted by molar-refractivity contribution is -0.124. The predicted octanol–water partition coefficient (Wildman–Crippen LogP) is 1.76. The van der Waals surface area contributed by atoms with Gasteiger partial charge in [0.25, 0.3) is 0 Å². The first-order valence-corrected chi connectivity index (χ1v) is 9.61. The Kier molecular flexibility index (Phi) is 5.14. The summed E-state index contributed by atoms with van der Waals surface area (Å²) in [6.45, 7) is 1.93. The minimum absolute atomic E-state index is 0.0719. The van der Waals surface area contributed by atoms with Crippen LogP contribution in [0.3, 0.4) is 0 Å². The van der Waals surface area contributed by atoms with Gasteiger partial charge in [0.2, 0.25) is 5.91 Å². The van der Waals surface area contributed by atoms with Gasteiger partial charge >= 0.3 is 11.4 Å². The summed E-state index contributed by atoms with van der Waals surface area (Å²) in [6.07, 6.45) is 1.57. The van der Waals surface area contributed by atoms with E-state index in [0.717, 1.165) is 10.1 Å². The van der Waals surface area contributed by atoms with Crippen LogP contribution in [0.2, 0.25) is 0 Å². The van der Waals surface area contributed by atoms with E-state index in [2.05, 4.69) is 5.32 Å². The zero-order valence-electron chi connectivity index (χ0n) is 16.7. The monoisotopic (exact) mass is 406 g/mol. The van der Waals surface area contributed by atoms with E-state index in [1.54, 1.807) is 36.4 Å². The van der Waals surface area contributed by atoms with Crippen LogP contribution < -0.4 is 16.7 Å². The summed E-state index contributed by atoms with van der Waals surface area (Å²) in [4.78, 5) is 39.3. The maximum absolute atomic E-state index is 13.2. The van der Waals surface area contributed by atoms with Crippen LogP contribution in [-0.4, -0.2) is 26.9 Å². The number of carbonyl (C=O) groups excluding carboxylic acids is 1. The molecular weight excluding hydrogens is 384 g/mol. The molecule has 1 amide bonds. The number of rotatable bonds is 5. The zero-order valence-corrected chi connectivity index (χ0v) is 16.7. The van der Waals surface area contributed by atoms with Crippen molar-refractivity contribution in [3.63, 3.8) is 0 Å². The number of ether oxygens (including phenoxy) is 1. The molecule has 0 saturated heterocycles. The van der Waals surface area contributed by atoms with E-state index in [1.165, 1.54) is 16.5 Å². The van der Waals surface area contributed by atoms with Crippen LogP contribution >= 0.6 is 0 Å². The Morgan fingerprint density at radius 3 is 2.30 bits per heavy atom. The minimum atomic E-state index is -1.01. The molecule has 1 aliphatic rings. The number of allylic oxidation sites excluding steroid dienone is 1. The van der Waals surface area contributed by atoms with Crippen LogP contribution in [0.15, 0.2) is 82.1 Å². The number of para-hydroxylation sites is 1. The van der Waals surface area contributed by atoms with Gasteiger partial charge in [0, 0.05) is 0 Å². The molecule has 30 heavy (non-hydrogen) atoms. The Balaban J connectivity index is 1.75. The fraction of sp³-hybridized carbons (Fsp3) is 0.227. The maximum atomic E-state index is 13.2. The van der Waals surface area contributed by atoms with Gasteiger partial charge in [-0.15, -0.1) is 0 Å². The van der Waals surface area contributed by atoms with Gasteiger partial charge in [0.05, 0.1) is 18.8 Å². The quantitative estimate of drug-likeness (QED) is 0.700. The molecule has 0 saturated carbocycles. The third-order valence-corrected chi connectivity index (χ3v) is 5.18. The summed E-state index contributed by atoms with van der Waals surface area (Å²) in [5, 5.41) is 2.92. The summed E-state index contributed by atoms with van der Waals surface area (Å²) < 4.78 is 8.81. The lowest BCUT2D eigenvalue weighted by atomic mass is 10.1. The molecule has 154 valence electrons. The molecule has 3 aromatic rings. The number of hydrogen-bond acceptors (Lipinski definition) is 4. The molecule has 1 aliphatic heterocycles. The number of carbonyl (C=O) groups is 1. The van der Waals surface area contributed by atoms with Gasteiger partial charge < -0.3 is 10.1 Å². The molecule has 0 aliphatic carbocycles. The first kappa shape index (κ1) is 19.5. The minimum Gasteiger partial charge on any atom is -0.499 e. The van der Waals surface area contributed by atoms with E-state index in [1.807, 2.05) is 37.3 Å². The number of aromatic nitrogens is 3. The van der Waals surface area contributed by atoms with Crippen molar-refractivity contribution >= 4 is 5.91 Å². The molecule has 4 rings (SSSR count). The molecule has 1 unspecified atom stereocenters. The largest absolute Gasteiger partial charge is 0.499 e. The standard InChI is InChI=1S/C22H22N4O4/c1-15(16-9-5-3-6-10-16)23-20(27)19-13-18(30-2)14-24-21(28)25(22(29)26(19)24)17-11-7-4-8-12-17/h3-13,15,19H,14H2,1-2H3,(H,23,27)/t15-,19?/m0/s1. The summed E-state index contributed by atoms with van der Waals surface area (Å²) in [5.74, 6) is 0.0384. The van der Waals surface area contributed by atoms with Crippen LogP contribution in [0.5, 0.6) is 0 Å². The Hall–Kier alpha value is -3.81. The number of benzene rings is 2. The van der Waals surface area contributed by atoms with Crippen LogP contribution in [0, 0.1) is 0 Å². The van der Waals surface area contributed by atoms with E-state index < -0.39 is 23.3 Å². The van der Waals surface area contributed by atoms with Crippen molar-refractivity contribution in [2.45, 2.75) is 25.6 Å². The van der Waals surface area contributed by atoms with Crippen molar-refractivity contribution in [1.82, 2.24) is 19.2 Å². The van der Waals surface area contributed by atoms with Gasteiger partial charge in [-0.25, -0.2) is 23.5 Å². The Morgan fingerprint density at radius 1 is 1.03 bits per heavy atom. The number of amides is 1. The van der Waals surface area contributed by atoms with Gasteiger partial charge in [-0.1, -0.05) is 48.5 Å². The zero-order chi connectivity index (χ0) is 21.3. The van der Waals surface area contributed by atoms with Gasteiger partial charge in [-0.3, -0.25) is 4.79 Å². The number of hydrogen-bond donors (Lipinski definition) is 1. The molecule has 0 radical (unpaired) electrons. The highest BCUT2D eigenvalue weighted by atomic mass is 16.5. The molecular formula is C22H22N4O4. The average molecular weight is 406 g/mol. The van der Waals surface area contributed by atoms with Gasteiger partial charge in [0.1, 0.15) is 12.3 Å². The molecule has 0 spiro atoms. The van der Waals surface area contributed by atoms with E-state index in [4.69, 9.17) is 4.74 Å². The first-order chi connectivity index (χ1) is 14.5. The Labute approximate surface area is 172 Å². The molecule has 8 heteroatoms. The van der Waals surface area contributed by atoms with E-state index >= 15 is 0 Å². The fourth-order valence-electron chi connectivity index (χ4n) is 3.60. The second kappa shape index (κ2) is 7.90. The average Bonchev–Trinajstić information content (AvgIpc) is 3.04. The topological polar surface area (TPSA) is 87.3 Å². The van der Waals surface area contributed by atoms with Crippen molar-refractivity contribution < 1.29 is 9.53 Å². The molecule has 1 N–H and O–H groups in total. The molecule has 0 fully saturated rings. The van der Waals surface area contributed by atoms with Crippen molar-refractivity contribution in [1.29, 1.82) is 0 Å². The normalized spacial score (nSPS) is 16.3. The Morgan fingerprint density at radius 2 is 1.67 bits per heavy atom. The molecule has 2 heterocycles. The highest BCUT2D eigenvalue weighted by molar-refractivity contribution is 5.82. The molecule has 2 atom stereocenters. The molecule has 8 nitrogen and oxygen atoms in total. The predicted molar refractivity (Wildman–Crippen MR) is 111 cm³/mol. The molecule has 0 bridgehead atoms. The highest BCUT2D eigenvalue weighted by Gasteiger charge is 2.32. The summed E-state index contributed by atoms with van der Waals surface area (Å²) in [7, 11) is 1.47. The third-order valence-electron chi connectivity index (χ3n) is 5.18. The van der Waals surface area contributed by atoms with Crippen molar-refractivity contribution in [2.75, 3.05) is 7.11 Å². The van der Waals surface area contributed by atoms with E-state index in [0.29, 0.717) is 11.4 Å². The summed E-state index contributed by atoms with van der Waals surface area (Å²) in [6, 6.07) is 16.9. The van der Waals surface area contributed by atoms with Crippen LogP contribution in [-0.2, 0) is 16.1 Å². The van der Waals surface area contributed by atoms with Crippen molar-refractivity contribution in [3.05, 3.63) is 99.0 Å². The van der Waals surface area contributed by atoms with Crippen molar-refractivity contribution in [3.8, 4) is 5.69 Å². The number of nitrogens with zero attached hydrogens (tertiary/aromatic N) is 3. The SMILES string of the molecule is COC1=CC(C(=O)N[C@@H](C)c2ccccc2)n2c(=O)n(-c3ccccc3)c(=O)n2C1. The van der Waals surface area contributed by atoms with Crippen molar-refractivity contribution in [2.24, 2.45) is 0 Å². The van der Waals surface area contributed by atoms with Gasteiger partial charge in [-0.05, 0) is 30.7 Å². The molecule has 2 aromatic carbocycles. The van der Waals surface area contributed by atoms with E-state index in [9.17, 15) is 14.4 Å². The molecule has 1 aromatic heterocycles. The van der Waals surface area contributed by atoms with E-state index in [-0.39, 0.29) is 12.6 Å². The first-order valence-electron chi connectivity index (χ1n) is 9.61. The van der Waals surface area contributed by atoms with Gasteiger partial charge in [-0.2, -0.15) is 0 Å². The third kappa shape index (κ3) is 3.36. The maximum Gasteiger partial charge on any atom is 0.352 e. The highest BCUT2D eigenvalue weighted by Crippen LogP contribution is 2.19. The number of methoxy groups -OCH3 is 1. The lowest BCUT2D eigenvalue weighted by Crippen LogP contribution is -2.42. The fourth-order valence-corrected chi connectivity index (χ4v) is 3.60. The second-order valence-corrected chi connectivity index (χ2v) is 7.06. The van der Waals surface area contributed by atoms with Crippen LogP contribution in [0.1, 0.15) is 24.6 Å². The smallest absolute Gasteiger partial charge is 0.352 e. The Bertz CT molecular complexity index is 1210. The number of nitrogens with one attached hydrogen (secondary N) is 1. The van der Waals surface area contributed by atoms with Gasteiger partial charge in [0.15, 0.2) is 6.04 Å². The van der Waals surface area contributed by atoms with Crippen LogP contribution in [0.25, 0.3) is 5.69 Å². The lowest BCUT2D eigenvalue weighted by Gasteiger charge is -2.25.